The van der Waals surface area contributed by atoms with E-state index in [0.717, 1.165) is 57.4 Å². The van der Waals surface area contributed by atoms with Gasteiger partial charge in [-0.2, -0.15) is 0 Å². The minimum atomic E-state index is 0.0625. The number of carbonyl (C=O) groups excluding carboxylic acids is 2. The standard InChI is InChI=1S/C21H33N3O2/c1-3-12-24(13-4-2)20(25)17-23-14-10-19(11-15-23)21(26)22-16-18-8-6-5-7-9-18/h5-9,19H,3-4,10-17H2,1-2H3,(H,22,26). The van der Waals surface area contributed by atoms with Crippen molar-refractivity contribution in [3.05, 3.63) is 35.9 Å². The Kier molecular flexibility index (Phi) is 8.62. The first-order valence-electron chi connectivity index (χ1n) is 9.95. The van der Waals surface area contributed by atoms with Gasteiger partial charge >= 0.3 is 0 Å². The fourth-order valence-electron chi connectivity index (χ4n) is 3.47. The third-order valence-electron chi connectivity index (χ3n) is 4.97. The third kappa shape index (κ3) is 6.45. The second-order valence-electron chi connectivity index (χ2n) is 7.13. The average Bonchev–Trinajstić information content (AvgIpc) is 2.67. The summed E-state index contributed by atoms with van der Waals surface area (Å²) >= 11 is 0. The summed E-state index contributed by atoms with van der Waals surface area (Å²) in [5.41, 5.74) is 1.12. The largest absolute Gasteiger partial charge is 0.352 e. The van der Waals surface area contributed by atoms with Crippen LogP contribution in [0.2, 0.25) is 0 Å². The zero-order valence-electron chi connectivity index (χ0n) is 16.2. The van der Waals surface area contributed by atoms with Gasteiger partial charge in [0.25, 0.3) is 0 Å². The van der Waals surface area contributed by atoms with Crippen molar-refractivity contribution in [1.29, 1.82) is 0 Å². The highest BCUT2D eigenvalue weighted by Gasteiger charge is 2.26. The molecule has 26 heavy (non-hydrogen) atoms. The van der Waals surface area contributed by atoms with Crippen LogP contribution in [0.1, 0.15) is 45.1 Å². The summed E-state index contributed by atoms with van der Waals surface area (Å²) in [4.78, 5) is 29.0. The quantitative estimate of drug-likeness (QED) is 0.737. The molecule has 0 aromatic heterocycles. The lowest BCUT2D eigenvalue weighted by atomic mass is 9.95. The van der Waals surface area contributed by atoms with Gasteiger partial charge in [-0.05, 0) is 44.3 Å². The molecule has 0 bridgehead atoms. The van der Waals surface area contributed by atoms with E-state index >= 15 is 0 Å². The van der Waals surface area contributed by atoms with E-state index in [1.807, 2.05) is 35.2 Å². The van der Waals surface area contributed by atoms with Crippen LogP contribution in [0.3, 0.4) is 0 Å². The maximum Gasteiger partial charge on any atom is 0.236 e. The highest BCUT2D eigenvalue weighted by Crippen LogP contribution is 2.17. The molecular weight excluding hydrogens is 326 g/mol. The van der Waals surface area contributed by atoms with Crippen LogP contribution in [0.4, 0.5) is 0 Å². The maximum absolute atomic E-state index is 12.5. The Morgan fingerprint density at radius 3 is 2.27 bits per heavy atom. The molecule has 1 saturated heterocycles. The van der Waals surface area contributed by atoms with E-state index in [-0.39, 0.29) is 17.7 Å². The number of hydrogen-bond donors (Lipinski definition) is 1. The fourth-order valence-corrected chi connectivity index (χ4v) is 3.47. The van der Waals surface area contributed by atoms with Crippen LogP contribution in [0.5, 0.6) is 0 Å². The van der Waals surface area contributed by atoms with Crippen molar-refractivity contribution in [2.24, 2.45) is 5.92 Å². The summed E-state index contributed by atoms with van der Waals surface area (Å²) in [5, 5.41) is 3.04. The van der Waals surface area contributed by atoms with Crippen LogP contribution in [0.25, 0.3) is 0 Å². The molecule has 1 aromatic rings. The smallest absolute Gasteiger partial charge is 0.236 e. The molecule has 1 aliphatic rings. The van der Waals surface area contributed by atoms with Crippen molar-refractivity contribution in [1.82, 2.24) is 15.1 Å². The Morgan fingerprint density at radius 1 is 1.08 bits per heavy atom. The van der Waals surface area contributed by atoms with Crippen LogP contribution >= 0.6 is 0 Å². The first-order chi connectivity index (χ1) is 12.6. The minimum absolute atomic E-state index is 0.0625. The Bertz CT molecular complexity index is 548. The zero-order valence-corrected chi connectivity index (χ0v) is 16.2. The number of rotatable bonds is 9. The van der Waals surface area contributed by atoms with E-state index in [0.29, 0.717) is 13.1 Å². The second kappa shape index (κ2) is 11.0. The van der Waals surface area contributed by atoms with Gasteiger partial charge in [0.1, 0.15) is 0 Å². The van der Waals surface area contributed by atoms with Crippen LogP contribution in [0, 0.1) is 5.92 Å². The number of benzene rings is 1. The highest BCUT2D eigenvalue weighted by atomic mass is 16.2. The Labute approximate surface area is 157 Å². The molecule has 1 aromatic carbocycles. The van der Waals surface area contributed by atoms with E-state index in [2.05, 4.69) is 24.1 Å². The highest BCUT2D eigenvalue weighted by molar-refractivity contribution is 5.79. The fraction of sp³-hybridized carbons (Fsp3) is 0.619. The van der Waals surface area contributed by atoms with Gasteiger partial charge in [-0.1, -0.05) is 44.2 Å². The Balaban J connectivity index is 1.72. The van der Waals surface area contributed by atoms with Crippen molar-refractivity contribution in [3.63, 3.8) is 0 Å². The molecule has 1 fully saturated rings. The summed E-state index contributed by atoms with van der Waals surface area (Å²) in [6.45, 7) is 8.60. The summed E-state index contributed by atoms with van der Waals surface area (Å²) in [7, 11) is 0. The van der Waals surface area contributed by atoms with E-state index < -0.39 is 0 Å². The van der Waals surface area contributed by atoms with E-state index in [4.69, 9.17) is 0 Å². The zero-order chi connectivity index (χ0) is 18.8. The Hall–Kier alpha value is -1.88. The molecule has 0 saturated carbocycles. The number of carbonyl (C=O) groups is 2. The minimum Gasteiger partial charge on any atom is -0.352 e. The molecular formula is C21H33N3O2. The lowest BCUT2D eigenvalue weighted by Gasteiger charge is -2.32. The predicted octanol–water partition coefficient (Wildman–Crippen LogP) is 2.66. The number of likely N-dealkylation sites (tertiary alicyclic amines) is 1. The molecule has 0 spiro atoms. The van der Waals surface area contributed by atoms with Crippen molar-refractivity contribution in [3.8, 4) is 0 Å². The molecule has 0 radical (unpaired) electrons. The number of nitrogens with one attached hydrogen (secondary N) is 1. The summed E-state index contributed by atoms with van der Waals surface area (Å²) < 4.78 is 0. The van der Waals surface area contributed by atoms with Gasteiger partial charge in [-0.25, -0.2) is 0 Å². The van der Waals surface area contributed by atoms with Gasteiger partial charge in [0, 0.05) is 25.6 Å². The summed E-state index contributed by atoms with van der Waals surface area (Å²) in [6, 6.07) is 9.99. The van der Waals surface area contributed by atoms with E-state index in [9.17, 15) is 9.59 Å². The summed E-state index contributed by atoms with van der Waals surface area (Å²) in [5.74, 6) is 0.423. The van der Waals surface area contributed by atoms with Gasteiger partial charge < -0.3 is 10.2 Å². The first kappa shape index (κ1) is 20.4. The third-order valence-corrected chi connectivity index (χ3v) is 4.97. The molecule has 0 unspecified atom stereocenters. The molecule has 5 nitrogen and oxygen atoms in total. The average molecular weight is 360 g/mol. The van der Waals surface area contributed by atoms with Gasteiger partial charge in [0.2, 0.25) is 11.8 Å². The van der Waals surface area contributed by atoms with Gasteiger partial charge in [-0.15, -0.1) is 0 Å². The maximum atomic E-state index is 12.5. The van der Waals surface area contributed by atoms with Gasteiger partial charge in [0.05, 0.1) is 6.54 Å². The number of nitrogens with zero attached hydrogens (tertiary/aromatic N) is 2. The molecule has 144 valence electrons. The molecule has 2 amide bonds. The molecule has 0 aliphatic carbocycles. The van der Waals surface area contributed by atoms with Crippen molar-refractivity contribution >= 4 is 11.8 Å². The van der Waals surface area contributed by atoms with Crippen molar-refractivity contribution in [2.45, 2.75) is 46.1 Å². The monoisotopic (exact) mass is 359 g/mol. The van der Waals surface area contributed by atoms with E-state index in [1.165, 1.54) is 0 Å². The topological polar surface area (TPSA) is 52.7 Å². The lowest BCUT2D eigenvalue weighted by Crippen LogP contribution is -2.45. The van der Waals surface area contributed by atoms with E-state index in [1.54, 1.807) is 0 Å². The molecule has 1 N–H and O–H groups in total. The predicted molar refractivity (Wildman–Crippen MR) is 105 cm³/mol. The first-order valence-corrected chi connectivity index (χ1v) is 9.95. The molecule has 1 heterocycles. The van der Waals surface area contributed by atoms with Crippen molar-refractivity contribution < 1.29 is 9.59 Å². The molecule has 2 rings (SSSR count). The normalized spacial score (nSPS) is 15.6. The number of hydrogen-bond acceptors (Lipinski definition) is 3. The Morgan fingerprint density at radius 2 is 1.69 bits per heavy atom. The van der Waals surface area contributed by atoms with Gasteiger partial charge in [0.15, 0.2) is 0 Å². The van der Waals surface area contributed by atoms with Crippen LogP contribution in [0.15, 0.2) is 30.3 Å². The lowest BCUT2D eigenvalue weighted by molar-refractivity contribution is -0.133. The van der Waals surface area contributed by atoms with Gasteiger partial charge in [-0.3, -0.25) is 14.5 Å². The molecule has 0 atom stereocenters. The second-order valence-corrected chi connectivity index (χ2v) is 7.13. The molecule has 5 heteroatoms. The van der Waals surface area contributed by atoms with Crippen LogP contribution in [-0.2, 0) is 16.1 Å². The summed E-state index contributed by atoms with van der Waals surface area (Å²) in [6.07, 6.45) is 3.65. The number of piperidine rings is 1. The van der Waals surface area contributed by atoms with Crippen LogP contribution < -0.4 is 5.32 Å². The number of amides is 2. The molecule has 1 aliphatic heterocycles. The van der Waals surface area contributed by atoms with Crippen LogP contribution in [-0.4, -0.2) is 54.3 Å². The van der Waals surface area contributed by atoms with Crippen molar-refractivity contribution in [2.75, 3.05) is 32.7 Å². The SMILES string of the molecule is CCCN(CCC)C(=O)CN1CCC(C(=O)NCc2ccccc2)CC1.